The first-order valence-corrected chi connectivity index (χ1v) is 11.6. The topological polar surface area (TPSA) is 30.3 Å². The zero-order chi connectivity index (χ0) is 22.4. The van der Waals surface area contributed by atoms with Crippen LogP contribution in [-0.2, 0) is 5.41 Å². The molecule has 0 aromatic heterocycles. The molecule has 5 heteroatoms. The lowest BCUT2D eigenvalue weighted by Crippen LogP contribution is -2.43. The van der Waals surface area contributed by atoms with Crippen molar-refractivity contribution in [3.63, 3.8) is 0 Å². The van der Waals surface area contributed by atoms with Gasteiger partial charge in [0.2, 0.25) is 0 Å². The van der Waals surface area contributed by atoms with E-state index >= 15 is 0 Å². The molecule has 0 fully saturated rings. The van der Waals surface area contributed by atoms with Crippen LogP contribution >= 0.6 is 23.2 Å². The number of rotatable bonds is 11. The van der Waals surface area contributed by atoms with Gasteiger partial charge in [-0.3, -0.25) is 9.80 Å². The lowest BCUT2D eigenvalue weighted by atomic mass is 9.75. The van der Waals surface area contributed by atoms with Gasteiger partial charge in [-0.25, -0.2) is 0 Å². The molecule has 0 bridgehead atoms. The van der Waals surface area contributed by atoms with Crippen molar-refractivity contribution in [1.29, 1.82) is 5.26 Å². The first kappa shape index (κ1) is 26.2. The van der Waals surface area contributed by atoms with Gasteiger partial charge in [-0.2, -0.15) is 5.26 Å². The molecule has 0 atom stereocenters. The van der Waals surface area contributed by atoms with E-state index in [1.54, 1.807) is 6.07 Å². The second-order valence-electron chi connectivity index (χ2n) is 9.17. The van der Waals surface area contributed by atoms with Gasteiger partial charge in [0.15, 0.2) is 0 Å². The number of benzene rings is 1. The van der Waals surface area contributed by atoms with E-state index in [-0.39, 0.29) is 0 Å². The second-order valence-corrected chi connectivity index (χ2v) is 10.0. The van der Waals surface area contributed by atoms with E-state index in [9.17, 15) is 5.26 Å². The highest BCUT2D eigenvalue weighted by Gasteiger charge is 2.36. The van der Waals surface area contributed by atoms with Gasteiger partial charge in [0, 0.05) is 47.3 Å². The van der Waals surface area contributed by atoms with E-state index < -0.39 is 5.41 Å². The fourth-order valence-electron chi connectivity index (χ4n) is 4.31. The average molecular weight is 441 g/mol. The summed E-state index contributed by atoms with van der Waals surface area (Å²) in [7, 11) is 0. The van der Waals surface area contributed by atoms with E-state index in [0.29, 0.717) is 34.2 Å². The normalized spacial score (nSPS) is 12.8. The Morgan fingerprint density at radius 3 is 1.55 bits per heavy atom. The monoisotopic (exact) mass is 439 g/mol. The largest absolute Gasteiger partial charge is 0.298 e. The van der Waals surface area contributed by atoms with Gasteiger partial charge in [0.25, 0.3) is 0 Å². The van der Waals surface area contributed by atoms with Crippen molar-refractivity contribution in [2.75, 3.05) is 13.1 Å². The minimum Gasteiger partial charge on any atom is -0.298 e. The summed E-state index contributed by atoms with van der Waals surface area (Å²) in [5.74, 6) is 0. The number of hydrogen-bond acceptors (Lipinski definition) is 3. The standard InChI is InChI=1S/C24H39Cl2N3/c1-17(2)28(18(3)4)13-11-24(16-27,12-14-29(19(5)6)20(7)8)22-10-9-21(25)15-23(22)26/h9-10,15,17-20H,11-14H2,1-8H3. The van der Waals surface area contributed by atoms with Crippen LogP contribution in [-0.4, -0.2) is 47.1 Å². The molecule has 164 valence electrons. The molecule has 0 aliphatic rings. The Morgan fingerprint density at radius 1 is 0.828 bits per heavy atom. The van der Waals surface area contributed by atoms with Crippen LogP contribution in [0.3, 0.4) is 0 Å². The number of hydrogen-bond donors (Lipinski definition) is 0. The van der Waals surface area contributed by atoms with Crippen molar-refractivity contribution in [3.05, 3.63) is 33.8 Å². The molecule has 1 aromatic carbocycles. The summed E-state index contributed by atoms with van der Waals surface area (Å²) in [4.78, 5) is 4.89. The third-order valence-electron chi connectivity index (χ3n) is 5.91. The Kier molecular flexibility index (Phi) is 10.5. The van der Waals surface area contributed by atoms with Gasteiger partial charge in [0.1, 0.15) is 0 Å². The van der Waals surface area contributed by atoms with E-state index in [2.05, 4.69) is 71.3 Å². The van der Waals surface area contributed by atoms with Gasteiger partial charge in [-0.15, -0.1) is 0 Å². The summed E-state index contributed by atoms with van der Waals surface area (Å²) < 4.78 is 0. The van der Waals surface area contributed by atoms with Gasteiger partial charge >= 0.3 is 0 Å². The van der Waals surface area contributed by atoms with Crippen molar-refractivity contribution in [2.45, 2.75) is 97.8 Å². The molecule has 3 nitrogen and oxygen atoms in total. The molecule has 0 spiro atoms. The predicted octanol–water partition coefficient (Wildman–Crippen LogP) is 6.77. The number of nitrogens with zero attached hydrogens (tertiary/aromatic N) is 3. The maximum absolute atomic E-state index is 10.4. The maximum atomic E-state index is 10.4. The van der Waals surface area contributed by atoms with Crippen molar-refractivity contribution in [1.82, 2.24) is 9.80 Å². The van der Waals surface area contributed by atoms with E-state index in [0.717, 1.165) is 31.5 Å². The summed E-state index contributed by atoms with van der Waals surface area (Å²) >= 11 is 12.8. The van der Waals surface area contributed by atoms with Crippen LogP contribution in [0.2, 0.25) is 10.0 Å². The smallest absolute Gasteiger partial charge is 0.0861 e. The zero-order valence-electron chi connectivity index (χ0n) is 19.5. The maximum Gasteiger partial charge on any atom is 0.0861 e. The molecule has 0 amide bonds. The van der Waals surface area contributed by atoms with Crippen molar-refractivity contribution < 1.29 is 0 Å². The highest BCUT2D eigenvalue weighted by molar-refractivity contribution is 6.35. The van der Waals surface area contributed by atoms with E-state index in [1.807, 2.05) is 12.1 Å². The SMILES string of the molecule is CC(C)N(CCC(C#N)(CCN(C(C)C)C(C)C)c1ccc(Cl)cc1Cl)C(C)C. The van der Waals surface area contributed by atoms with Crippen molar-refractivity contribution in [3.8, 4) is 6.07 Å². The van der Waals surface area contributed by atoms with Crippen LogP contribution in [0.25, 0.3) is 0 Å². The third kappa shape index (κ3) is 7.14. The van der Waals surface area contributed by atoms with E-state index in [1.165, 1.54) is 0 Å². The molecule has 0 radical (unpaired) electrons. The van der Waals surface area contributed by atoms with Gasteiger partial charge in [-0.1, -0.05) is 29.3 Å². The zero-order valence-corrected chi connectivity index (χ0v) is 21.0. The Balaban J connectivity index is 3.29. The Labute approximate surface area is 189 Å². The summed E-state index contributed by atoms with van der Waals surface area (Å²) in [6, 6.07) is 9.93. The molecule has 0 aliphatic carbocycles. The summed E-state index contributed by atoms with van der Waals surface area (Å²) in [5, 5.41) is 11.6. The first-order chi connectivity index (χ1) is 13.4. The minimum atomic E-state index is -0.647. The highest BCUT2D eigenvalue weighted by Crippen LogP contribution is 2.38. The number of halogens is 2. The van der Waals surface area contributed by atoms with Gasteiger partial charge in [-0.05, 0) is 85.9 Å². The second kappa shape index (κ2) is 11.6. The average Bonchev–Trinajstić information content (AvgIpc) is 2.59. The van der Waals surface area contributed by atoms with E-state index in [4.69, 9.17) is 23.2 Å². The lowest BCUT2D eigenvalue weighted by Gasteiger charge is -2.38. The summed E-state index contributed by atoms with van der Waals surface area (Å²) in [5.41, 5.74) is 0.247. The fraction of sp³-hybridized carbons (Fsp3) is 0.708. The summed E-state index contributed by atoms with van der Waals surface area (Å²) in [6.45, 7) is 19.4. The molecule has 0 saturated heterocycles. The molecule has 1 aromatic rings. The molecular weight excluding hydrogens is 401 g/mol. The number of nitriles is 1. The highest BCUT2D eigenvalue weighted by atomic mass is 35.5. The predicted molar refractivity (Wildman–Crippen MR) is 127 cm³/mol. The quantitative estimate of drug-likeness (QED) is 0.380. The molecular formula is C24H39Cl2N3. The Bertz CT molecular complexity index is 637. The lowest BCUT2D eigenvalue weighted by molar-refractivity contribution is 0.143. The van der Waals surface area contributed by atoms with Gasteiger partial charge < -0.3 is 0 Å². The van der Waals surface area contributed by atoms with Crippen LogP contribution in [0.1, 0.15) is 73.8 Å². The third-order valence-corrected chi connectivity index (χ3v) is 6.46. The summed E-state index contributed by atoms with van der Waals surface area (Å²) in [6.07, 6.45) is 1.48. The Morgan fingerprint density at radius 2 is 1.24 bits per heavy atom. The first-order valence-electron chi connectivity index (χ1n) is 10.8. The Hall–Kier alpha value is -0.790. The van der Waals surface area contributed by atoms with Crippen LogP contribution in [0.15, 0.2) is 18.2 Å². The van der Waals surface area contributed by atoms with Crippen LogP contribution in [0, 0.1) is 11.3 Å². The van der Waals surface area contributed by atoms with Crippen molar-refractivity contribution in [2.24, 2.45) is 0 Å². The van der Waals surface area contributed by atoms with Crippen LogP contribution < -0.4 is 0 Å². The fourth-order valence-corrected chi connectivity index (χ4v) is 4.90. The van der Waals surface area contributed by atoms with Crippen LogP contribution in [0.4, 0.5) is 0 Å². The molecule has 0 saturated carbocycles. The molecule has 0 unspecified atom stereocenters. The molecule has 1 rings (SSSR count). The molecule has 0 aliphatic heterocycles. The molecule has 0 heterocycles. The molecule has 0 N–H and O–H groups in total. The van der Waals surface area contributed by atoms with Crippen LogP contribution in [0.5, 0.6) is 0 Å². The van der Waals surface area contributed by atoms with Crippen molar-refractivity contribution >= 4 is 23.2 Å². The van der Waals surface area contributed by atoms with Gasteiger partial charge in [0.05, 0.1) is 11.5 Å². The minimum absolute atomic E-state index is 0.426. The molecule has 29 heavy (non-hydrogen) atoms.